The first-order valence-corrected chi connectivity index (χ1v) is 6.23. The Kier molecular flexibility index (Phi) is 4.15. The van der Waals surface area contributed by atoms with Gasteiger partial charge in [0, 0.05) is 11.9 Å². The molecular formula is C8H12N2S3. The molecular weight excluding hydrogens is 220 g/mol. The van der Waals surface area contributed by atoms with Crippen LogP contribution in [-0.2, 0) is 5.75 Å². The smallest absolute Gasteiger partial charge is 0.115 e. The summed E-state index contributed by atoms with van der Waals surface area (Å²) in [7, 11) is 0. The van der Waals surface area contributed by atoms with E-state index in [2.05, 4.69) is 18.8 Å². The van der Waals surface area contributed by atoms with Crippen LogP contribution in [0.25, 0.3) is 0 Å². The zero-order valence-corrected chi connectivity index (χ0v) is 10.1. The predicted octanol–water partition coefficient (Wildman–Crippen LogP) is 2.42. The molecule has 0 aliphatic heterocycles. The second-order valence-corrected chi connectivity index (χ2v) is 5.96. The number of thiazole rings is 1. The Morgan fingerprint density at radius 3 is 2.92 bits per heavy atom. The number of aromatic nitrogens is 1. The Hall–Kier alpha value is -0.130. The molecule has 1 aromatic rings. The van der Waals surface area contributed by atoms with Gasteiger partial charge in [0.1, 0.15) is 10.00 Å². The zero-order valence-electron chi connectivity index (χ0n) is 7.61. The summed E-state index contributed by atoms with van der Waals surface area (Å²) in [6, 6.07) is 0. The maximum absolute atomic E-state index is 5.48. The highest BCUT2D eigenvalue weighted by Crippen LogP contribution is 2.21. The maximum atomic E-state index is 5.48. The van der Waals surface area contributed by atoms with Crippen LogP contribution < -0.4 is 5.73 Å². The third kappa shape index (κ3) is 3.62. The van der Waals surface area contributed by atoms with Crippen LogP contribution in [0.15, 0.2) is 6.20 Å². The molecule has 0 aromatic carbocycles. The Morgan fingerprint density at radius 1 is 1.77 bits per heavy atom. The second kappa shape index (κ2) is 4.93. The van der Waals surface area contributed by atoms with Gasteiger partial charge in [0.05, 0.1) is 4.88 Å². The van der Waals surface area contributed by atoms with E-state index in [1.54, 1.807) is 17.5 Å². The van der Waals surface area contributed by atoms with Gasteiger partial charge in [-0.3, -0.25) is 0 Å². The van der Waals surface area contributed by atoms with Crippen molar-refractivity contribution in [1.82, 2.24) is 4.98 Å². The normalized spacial score (nSPS) is 10.7. The molecule has 72 valence electrons. The van der Waals surface area contributed by atoms with Crippen LogP contribution in [0.5, 0.6) is 0 Å². The highest BCUT2D eigenvalue weighted by atomic mass is 32.2. The largest absolute Gasteiger partial charge is 0.389 e. The molecule has 0 aliphatic rings. The van der Waals surface area contributed by atoms with Gasteiger partial charge in [-0.25, -0.2) is 4.98 Å². The predicted molar refractivity (Wildman–Crippen MR) is 64.4 cm³/mol. The first-order valence-electron chi connectivity index (χ1n) is 3.95. The van der Waals surface area contributed by atoms with Crippen LogP contribution in [0.3, 0.4) is 0 Å². The molecule has 0 spiro atoms. The quantitative estimate of drug-likeness (QED) is 0.809. The SMILES string of the molecule is CC(C)SCc1ncc(C(N)=S)s1. The first kappa shape index (κ1) is 10.9. The molecule has 1 rings (SSSR count). The molecule has 13 heavy (non-hydrogen) atoms. The lowest BCUT2D eigenvalue weighted by Gasteiger charge is -2.00. The van der Waals surface area contributed by atoms with Gasteiger partial charge in [-0.15, -0.1) is 11.3 Å². The van der Waals surface area contributed by atoms with E-state index in [9.17, 15) is 0 Å². The van der Waals surface area contributed by atoms with Crippen molar-refractivity contribution in [2.75, 3.05) is 0 Å². The van der Waals surface area contributed by atoms with E-state index >= 15 is 0 Å². The molecule has 1 aromatic heterocycles. The molecule has 1 heterocycles. The minimum absolute atomic E-state index is 0.443. The molecule has 0 bridgehead atoms. The number of nitrogens with zero attached hydrogens (tertiary/aromatic N) is 1. The van der Waals surface area contributed by atoms with E-state index in [1.165, 1.54) is 0 Å². The third-order valence-corrected chi connectivity index (χ3v) is 4.01. The van der Waals surface area contributed by atoms with Gasteiger partial charge in [0.2, 0.25) is 0 Å². The van der Waals surface area contributed by atoms with Crippen LogP contribution in [0.1, 0.15) is 23.7 Å². The Labute approximate surface area is 91.9 Å². The summed E-state index contributed by atoms with van der Waals surface area (Å²) in [5.41, 5.74) is 5.48. The van der Waals surface area contributed by atoms with E-state index in [4.69, 9.17) is 18.0 Å². The van der Waals surface area contributed by atoms with Gasteiger partial charge >= 0.3 is 0 Å². The summed E-state index contributed by atoms with van der Waals surface area (Å²) in [6.45, 7) is 4.35. The van der Waals surface area contributed by atoms with Crippen molar-refractivity contribution in [2.24, 2.45) is 5.73 Å². The van der Waals surface area contributed by atoms with Crippen LogP contribution in [-0.4, -0.2) is 15.2 Å². The van der Waals surface area contributed by atoms with Crippen LogP contribution in [0.4, 0.5) is 0 Å². The Morgan fingerprint density at radius 2 is 2.46 bits per heavy atom. The number of hydrogen-bond donors (Lipinski definition) is 1. The molecule has 0 atom stereocenters. The van der Waals surface area contributed by atoms with E-state index in [0.717, 1.165) is 15.6 Å². The zero-order chi connectivity index (χ0) is 9.84. The molecule has 0 fully saturated rings. The monoisotopic (exact) mass is 232 g/mol. The van der Waals surface area contributed by atoms with E-state index < -0.39 is 0 Å². The highest BCUT2D eigenvalue weighted by molar-refractivity contribution is 7.99. The van der Waals surface area contributed by atoms with Gasteiger partial charge in [-0.05, 0) is 5.25 Å². The molecule has 0 saturated heterocycles. The first-order chi connectivity index (χ1) is 6.09. The highest BCUT2D eigenvalue weighted by Gasteiger charge is 2.04. The number of hydrogen-bond acceptors (Lipinski definition) is 4. The summed E-state index contributed by atoms with van der Waals surface area (Å²) in [6.07, 6.45) is 1.75. The molecule has 2 N–H and O–H groups in total. The van der Waals surface area contributed by atoms with Crippen molar-refractivity contribution in [3.05, 3.63) is 16.1 Å². The standard InChI is InChI=1S/C8H12N2S3/c1-5(2)12-4-7-10-3-6(13-7)8(9)11/h3,5H,4H2,1-2H3,(H2,9,11). The molecule has 0 saturated carbocycles. The van der Waals surface area contributed by atoms with Crippen molar-refractivity contribution >= 4 is 40.3 Å². The average Bonchev–Trinajstić information content (AvgIpc) is 2.48. The summed E-state index contributed by atoms with van der Waals surface area (Å²) in [4.78, 5) is 5.59. The lowest BCUT2D eigenvalue weighted by atomic mass is 10.6. The van der Waals surface area contributed by atoms with Crippen molar-refractivity contribution in [3.8, 4) is 0 Å². The third-order valence-electron chi connectivity index (χ3n) is 1.34. The van der Waals surface area contributed by atoms with E-state index in [1.807, 2.05) is 11.8 Å². The maximum Gasteiger partial charge on any atom is 0.115 e. The fourth-order valence-corrected chi connectivity index (χ4v) is 2.46. The minimum atomic E-state index is 0.443. The molecule has 2 nitrogen and oxygen atoms in total. The summed E-state index contributed by atoms with van der Waals surface area (Å²) < 4.78 is 0. The lowest BCUT2D eigenvalue weighted by molar-refractivity contribution is 1.10. The lowest BCUT2D eigenvalue weighted by Crippen LogP contribution is -2.06. The summed E-state index contributed by atoms with van der Waals surface area (Å²) in [5, 5.41) is 1.73. The van der Waals surface area contributed by atoms with E-state index in [-0.39, 0.29) is 0 Å². The molecule has 0 aliphatic carbocycles. The molecule has 0 unspecified atom stereocenters. The van der Waals surface area contributed by atoms with Crippen molar-refractivity contribution in [3.63, 3.8) is 0 Å². The second-order valence-electron chi connectivity index (χ2n) is 2.84. The molecule has 0 radical (unpaired) electrons. The fraction of sp³-hybridized carbons (Fsp3) is 0.500. The van der Waals surface area contributed by atoms with E-state index in [0.29, 0.717) is 10.2 Å². The number of rotatable bonds is 4. The minimum Gasteiger partial charge on any atom is -0.389 e. The van der Waals surface area contributed by atoms with Crippen molar-refractivity contribution < 1.29 is 0 Å². The van der Waals surface area contributed by atoms with Gasteiger partial charge in [-0.1, -0.05) is 26.1 Å². The van der Waals surface area contributed by atoms with Gasteiger partial charge in [-0.2, -0.15) is 11.8 Å². The molecule has 0 amide bonds. The van der Waals surface area contributed by atoms with Crippen LogP contribution >= 0.6 is 35.3 Å². The fourth-order valence-electron chi connectivity index (χ4n) is 0.729. The van der Waals surface area contributed by atoms with Crippen LogP contribution in [0.2, 0.25) is 0 Å². The van der Waals surface area contributed by atoms with Gasteiger partial charge < -0.3 is 5.73 Å². The van der Waals surface area contributed by atoms with Crippen molar-refractivity contribution in [1.29, 1.82) is 0 Å². The number of thiocarbonyl (C=S) groups is 1. The molecule has 5 heteroatoms. The van der Waals surface area contributed by atoms with Crippen molar-refractivity contribution in [2.45, 2.75) is 24.9 Å². The average molecular weight is 232 g/mol. The Balaban J connectivity index is 2.54. The summed E-state index contributed by atoms with van der Waals surface area (Å²) >= 11 is 8.31. The number of thioether (sulfide) groups is 1. The Bertz CT molecular complexity index is 293. The summed E-state index contributed by atoms with van der Waals surface area (Å²) in [5.74, 6) is 0.949. The van der Waals surface area contributed by atoms with Crippen LogP contribution in [0, 0.1) is 0 Å². The van der Waals surface area contributed by atoms with Gasteiger partial charge in [0.25, 0.3) is 0 Å². The van der Waals surface area contributed by atoms with Gasteiger partial charge in [0.15, 0.2) is 0 Å². The topological polar surface area (TPSA) is 38.9 Å². The number of nitrogens with two attached hydrogens (primary N) is 1.